The number of aromatic nitrogens is 2. The monoisotopic (exact) mass is 323 g/mol. The van der Waals surface area contributed by atoms with Crippen molar-refractivity contribution in [2.75, 3.05) is 11.9 Å². The van der Waals surface area contributed by atoms with E-state index in [0.29, 0.717) is 12.0 Å². The first-order chi connectivity index (χ1) is 9.13. The van der Waals surface area contributed by atoms with Crippen LogP contribution in [-0.2, 0) is 0 Å². The third-order valence-electron chi connectivity index (χ3n) is 4.46. The standard InChI is InChI=1S/C15H22BrN3/c1-10-4-3-5-12(8-10)19(2)14-9-13(16)17-15(18-14)11-6-7-11/h9-12H,3-8H2,1-2H3. The maximum Gasteiger partial charge on any atom is 0.135 e. The van der Waals surface area contributed by atoms with Gasteiger partial charge in [0.1, 0.15) is 16.2 Å². The second-order valence-corrected chi connectivity index (χ2v) is 7.03. The molecule has 0 spiro atoms. The van der Waals surface area contributed by atoms with Gasteiger partial charge in [0.25, 0.3) is 0 Å². The average molecular weight is 324 g/mol. The zero-order valence-electron chi connectivity index (χ0n) is 11.8. The topological polar surface area (TPSA) is 29.0 Å². The molecular weight excluding hydrogens is 302 g/mol. The fourth-order valence-corrected chi connectivity index (χ4v) is 3.46. The van der Waals surface area contributed by atoms with Gasteiger partial charge in [-0.05, 0) is 47.5 Å². The molecule has 0 N–H and O–H groups in total. The van der Waals surface area contributed by atoms with Crippen molar-refractivity contribution >= 4 is 21.7 Å². The molecule has 0 aromatic carbocycles. The van der Waals surface area contributed by atoms with Crippen LogP contribution in [0, 0.1) is 5.92 Å². The van der Waals surface area contributed by atoms with E-state index in [1.807, 2.05) is 0 Å². The van der Waals surface area contributed by atoms with Crippen LogP contribution in [0.1, 0.15) is 57.2 Å². The summed E-state index contributed by atoms with van der Waals surface area (Å²) in [5.41, 5.74) is 0. The highest BCUT2D eigenvalue weighted by atomic mass is 79.9. The van der Waals surface area contributed by atoms with Crippen LogP contribution in [0.4, 0.5) is 5.82 Å². The lowest BCUT2D eigenvalue weighted by molar-refractivity contribution is 0.335. The molecule has 0 radical (unpaired) electrons. The lowest BCUT2D eigenvalue weighted by atomic mass is 9.86. The van der Waals surface area contributed by atoms with E-state index < -0.39 is 0 Å². The summed E-state index contributed by atoms with van der Waals surface area (Å²) >= 11 is 3.54. The van der Waals surface area contributed by atoms with Crippen LogP contribution in [0.2, 0.25) is 0 Å². The Hall–Kier alpha value is -0.640. The van der Waals surface area contributed by atoms with Gasteiger partial charge in [-0.2, -0.15) is 0 Å². The first kappa shape index (κ1) is 13.3. The van der Waals surface area contributed by atoms with Gasteiger partial charge < -0.3 is 4.90 Å². The highest BCUT2D eigenvalue weighted by Gasteiger charge is 2.29. The molecule has 2 atom stereocenters. The average Bonchev–Trinajstić information content (AvgIpc) is 3.21. The van der Waals surface area contributed by atoms with E-state index in [-0.39, 0.29) is 0 Å². The van der Waals surface area contributed by atoms with Gasteiger partial charge in [-0.25, -0.2) is 9.97 Å². The lowest BCUT2D eigenvalue weighted by Gasteiger charge is -2.35. The Morgan fingerprint density at radius 2 is 2.00 bits per heavy atom. The SMILES string of the molecule is CC1CCCC(N(C)c2cc(Br)nc(C3CC3)n2)C1. The molecule has 2 aliphatic carbocycles. The van der Waals surface area contributed by atoms with E-state index in [1.54, 1.807) is 0 Å². The van der Waals surface area contributed by atoms with Gasteiger partial charge in [0, 0.05) is 25.1 Å². The lowest BCUT2D eigenvalue weighted by Crippen LogP contribution is -2.36. The normalized spacial score (nSPS) is 27.3. The minimum absolute atomic E-state index is 0.606. The number of nitrogens with zero attached hydrogens (tertiary/aromatic N) is 3. The number of hydrogen-bond donors (Lipinski definition) is 0. The third kappa shape index (κ3) is 3.10. The number of halogens is 1. The molecular formula is C15H22BrN3. The van der Waals surface area contributed by atoms with Crippen LogP contribution in [0.5, 0.6) is 0 Å². The van der Waals surface area contributed by atoms with E-state index in [0.717, 1.165) is 22.2 Å². The molecule has 0 amide bonds. The van der Waals surface area contributed by atoms with Crippen LogP contribution in [0.25, 0.3) is 0 Å². The number of rotatable bonds is 3. The van der Waals surface area contributed by atoms with E-state index in [4.69, 9.17) is 4.98 Å². The minimum Gasteiger partial charge on any atom is -0.357 e. The molecule has 1 aromatic rings. The van der Waals surface area contributed by atoms with Gasteiger partial charge >= 0.3 is 0 Å². The Kier molecular flexibility index (Phi) is 3.79. The van der Waals surface area contributed by atoms with Crippen molar-refractivity contribution in [1.29, 1.82) is 0 Å². The molecule has 1 heterocycles. The van der Waals surface area contributed by atoms with E-state index >= 15 is 0 Å². The van der Waals surface area contributed by atoms with Gasteiger partial charge in [0.05, 0.1) is 0 Å². The van der Waals surface area contributed by atoms with Crippen LogP contribution in [0.3, 0.4) is 0 Å². The highest BCUT2D eigenvalue weighted by Crippen LogP contribution is 2.39. The van der Waals surface area contributed by atoms with Crippen LogP contribution in [-0.4, -0.2) is 23.1 Å². The Balaban J connectivity index is 1.80. The summed E-state index contributed by atoms with van der Waals surface area (Å²) in [5, 5.41) is 0. The predicted octanol–water partition coefficient (Wildman–Crippen LogP) is 4.13. The molecule has 2 saturated carbocycles. The van der Waals surface area contributed by atoms with Gasteiger partial charge in [0.2, 0.25) is 0 Å². The zero-order valence-corrected chi connectivity index (χ0v) is 13.4. The Labute approximate surface area is 124 Å². The van der Waals surface area contributed by atoms with Crippen molar-refractivity contribution in [3.8, 4) is 0 Å². The molecule has 0 bridgehead atoms. The van der Waals surface area contributed by atoms with Crippen LogP contribution < -0.4 is 4.90 Å². The molecule has 0 aliphatic heterocycles. The fraction of sp³-hybridized carbons (Fsp3) is 0.733. The number of hydrogen-bond acceptors (Lipinski definition) is 3. The second kappa shape index (κ2) is 5.39. The van der Waals surface area contributed by atoms with Crippen molar-refractivity contribution in [1.82, 2.24) is 9.97 Å². The van der Waals surface area contributed by atoms with Gasteiger partial charge in [0.15, 0.2) is 0 Å². The molecule has 104 valence electrons. The molecule has 1 aromatic heterocycles. The summed E-state index contributed by atoms with van der Waals surface area (Å²) in [6, 6.07) is 2.70. The fourth-order valence-electron chi connectivity index (χ4n) is 3.07. The summed E-state index contributed by atoms with van der Waals surface area (Å²) in [6.07, 6.45) is 7.81. The highest BCUT2D eigenvalue weighted by molar-refractivity contribution is 9.10. The Morgan fingerprint density at radius 3 is 2.68 bits per heavy atom. The van der Waals surface area contributed by atoms with Gasteiger partial charge in [-0.1, -0.05) is 19.8 Å². The summed E-state index contributed by atoms with van der Waals surface area (Å²) in [6.45, 7) is 2.37. The summed E-state index contributed by atoms with van der Waals surface area (Å²) in [7, 11) is 2.19. The van der Waals surface area contributed by atoms with Crippen molar-refractivity contribution < 1.29 is 0 Å². The maximum atomic E-state index is 4.78. The van der Waals surface area contributed by atoms with E-state index in [1.165, 1.54) is 38.5 Å². The van der Waals surface area contributed by atoms with E-state index in [2.05, 4.69) is 45.9 Å². The molecule has 3 rings (SSSR count). The summed E-state index contributed by atoms with van der Waals surface area (Å²) in [5.74, 6) is 3.56. The summed E-state index contributed by atoms with van der Waals surface area (Å²) < 4.78 is 0.926. The molecule has 2 aliphatic rings. The Bertz CT molecular complexity index is 459. The maximum absolute atomic E-state index is 4.78. The van der Waals surface area contributed by atoms with Gasteiger partial charge in [-0.15, -0.1) is 0 Å². The third-order valence-corrected chi connectivity index (χ3v) is 4.87. The van der Waals surface area contributed by atoms with Crippen molar-refractivity contribution in [3.05, 3.63) is 16.5 Å². The first-order valence-corrected chi connectivity index (χ1v) is 8.20. The zero-order chi connectivity index (χ0) is 13.4. The Morgan fingerprint density at radius 1 is 1.21 bits per heavy atom. The minimum atomic E-state index is 0.606. The molecule has 0 saturated heterocycles. The van der Waals surface area contributed by atoms with Gasteiger partial charge in [-0.3, -0.25) is 0 Å². The molecule has 2 fully saturated rings. The quantitative estimate of drug-likeness (QED) is 0.783. The molecule has 3 nitrogen and oxygen atoms in total. The van der Waals surface area contributed by atoms with Crippen molar-refractivity contribution in [3.63, 3.8) is 0 Å². The number of anilines is 1. The largest absolute Gasteiger partial charge is 0.357 e. The van der Waals surface area contributed by atoms with Crippen LogP contribution >= 0.6 is 15.9 Å². The molecule has 4 heteroatoms. The summed E-state index contributed by atoms with van der Waals surface area (Å²) in [4.78, 5) is 11.7. The molecule has 2 unspecified atom stereocenters. The van der Waals surface area contributed by atoms with E-state index in [9.17, 15) is 0 Å². The molecule has 19 heavy (non-hydrogen) atoms. The van der Waals surface area contributed by atoms with Crippen molar-refractivity contribution in [2.45, 2.75) is 57.4 Å². The predicted molar refractivity (Wildman–Crippen MR) is 81.5 cm³/mol. The van der Waals surface area contributed by atoms with Crippen molar-refractivity contribution in [2.24, 2.45) is 5.92 Å². The second-order valence-electron chi connectivity index (χ2n) is 6.22. The van der Waals surface area contributed by atoms with Crippen LogP contribution in [0.15, 0.2) is 10.7 Å². The smallest absolute Gasteiger partial charge is 0.135 e. The first-order valence-electron chi connectivity index (χ1n) is 7.41.